The van der Waals surface area contributed by atoms with E-state index in [9.17, 15) is 17.6 Å². The Hall–Kier alpha value is -2.32. The van der Waals surface area contributed by atoms with Gasteiger partial charge in [0, 0.05) is 0 Å². The normalized spacial score (nSPS) is 13.5. The summed E-state index contributed by atoms with van der Waals surface area (Å²) in [5, 5.41) is 2.97. The highest BCUT2D eigenvalue weighted by Gasteiger charge is 2.30. The van der Waals surface area contributed by atoms with Crippen molar-refractivity contribution in [3.63, 3.8) is 0 Å². The number of halogens is 2. The Morgan fingerprint density at radius 2 is 1.79 bits per heavy atom. The van der Waals surface area contributed by atoms with E-state index in [0.29, 0.717) is 11.3 Å². The SMILES string of the molecule is COc1ccc(N([C@H](C)C(=O)N[C@@H](C)c2ccc(F)cc2)S(C)(=O)=O)cc1Cl. The van der Waals surface area contributed by atoms with Crippen LogP contribution >= 0.6 is 11.6 Å². The molecule has 0 heterocycles. The van der Waals surface area contributed by atoms with Crippen molar-refractivity contribution in [1.82, 2.24) is 5.32 Å². The average molecular weight is 429 g/mol. The molecule has 0 spiro atoms. The molecule has 0 radical (unpaired) electrons. The molecule has 1 amide bonds. The van der Waals surface area contributed by atoms with Crippen molar-refractivity contribution in [2.45, 2.75) is 25.9 Å². The number of carbonyl (C=O) groups excluding carboxylic acids is 1. The summed E-state index contributed by atoms with van der Waals surface area (Å²) >= 11 is 6.11. The van der Waals surface area contributed by atoms with Gasteiger partial charge in [-0.05, 0) is 49.7 Å². The summed E-state index contributed by atoms with van der Waals surface area (Å²) < 4.78 is 43.9. The van der Waals surface area contributed by atoms with Crippen LogP contribution in [0.5, 0.6) is 5.75 Å². The lowest BCUT2D eigenvalue weighted by Gasteiger charge is -2.29. The number of hydrogen-bond donors (Lipinski definition) is 1. The van der Waals surface area contributed by atoms with E-state index >= 15 is 0 Å². The maximum Gasteiger partial charge on any atom is 0.244 e. The fourth-order valence-corrected chi connectivity index (χ4v) is 4.19. The molecule has 0 aliphatic rings. The second-order valence-electron chi connectivity index (χ2n) is 6.34. The minimum Gasteiger partial charge on any atom is -0.495 e. The standard InChI is InChI=1S/C19H22ClFN2O4S/c1-12(14-5-7-15(21)8-6-14)22-19(24)13(2)23(28(4,25)26)16-9-10-18(27-3)17(20)11-16/h5-13H,1-4H3,(H,22,24)/t12-,13+/m0/s1. The molecule has 6 nitrogen and oxygen atoms in total. The van der Waals surface area contributed by atoms with Gasteiger partial charge in [-0.3, -0.25) is 9.10 Å². The number of nitrogens with one attached hydrogen (secondary N) is 1. The molecule has 9 heteroatoms. The van der Waals surface area contributed by atoms with Gasteiger partial charge in [0.05, 0.1) is 30.1 Å². The van der Waals surface area contributed by atoms with Crippen molar-refractivity contribution >= 4 is 33.2 Å². The first-order chi connectivity index (χ1) is 13.0. The Balaban J connectivity index is 2.27. The fourth-order valence-electron chi connectivity index (χ4n) is 2.77. The largest absolute Gasteiger partial charge is 0.495 e. The molecule has 2 aromatic rings. The van der Waals surface area contributed by atoms with Crippen LogP contribution in [0.3, 0.4) is 0 Å². The zero-order chi connectivity index (χ0) is 21.1. The van der Waals surface area contributed by atoms with Gasteiger partial charge in [-0.15, -0.1) is 0 Å². The summed E-state index contributed by atoms with van der Waals surface area (Å²) in [5.41, 5.74) is 0.936. The average Bonchev–Trinajstić information content (AvgIpc) is 2.61. The molecule has 0 unspecified atom stereocenters. The van der Waals surface area contributed by atoms with Crippen molar-refractivity contribution in [3.8, 4) is 5.75 Å². The molecule has 0 bridgehead atoms. The molecular weight excluding hydrogens is 407 g/mol. The van der Waals surface area contributed by atoms with Gasteiger partial charge in [-0.1, -0.05) is 23.7 Å². The van der Waals surface area contributed by atoms with Gasteiger partial charge in [-0.25, -0.2) is 12.8 Å². The lowest BCUT2D eigenvalue weighted by molar-refractivity contribution is -0.122. The quantitative estimate of drug-likeness (QED) is 0.732. The minimum atomic E-state index is -3.78. The summed E-state index contributed by atoms with van der Waals surface area (Å²) in [6.45, 7) is 3.21. The van der Waals surface area contributed by atoms with Crippen molar-refractivity contribution in [2.24, 2.45) is 0 Å². The third-order valence-corrected chi connectivity index (χ3v) is 5.74. The first-order valence-corrected chi connectivity index (χ1v) is 10.7. The predicted octanol–water partition coefficient (Wildman–Crippen LogP) is 3.52. The molecule has 0 aliphatic carbocycles. The van der Waals surface area contributed by atoms with Gasteiger partial charge in [0.2, 0.25) is 15.9 Å². The Morgan fingerprint density at radius 3 is 2.29 bits per heavy atom. The molecule has 0 fully saturated rings. The maximum absolute atomic E-state index is 13.1. The van der Waals surface area contributed by atoms with Crippen molar-refractivity contribution < 1.29 is 22.3 Å². The molecular formula is C19H22ClFN2O4S. The minimum absolute atomic E-state index is 0.223. The van der Waals surface area contributed by atoms with Crippen LogP contribution in [0.2, 0.25) is 5.02 Å². The van der Waals surface area contributed by atoms with Crippen LogP contribution in [-0.4, -0.2) is 33.7 Å². The van der Waals surface area contributed by atoms with Crippen LogP contribution in [0.1, 0.15) is 25.5 Å². The topological polar surface area (TPSA) is 75.7 Å². The van der Waals surface area contributed by atoms with Crippen LogP contribution in [0.15, 0.2) is 42.5 Å². The van der Waals surface area contributed by atoms with Crippen LogP contribution in [-0.2, 0) is 14.8 Å². The Morgan fingerprint density at radius 1 is 1.18 bits per heavy atom. The van der Waals surface area contributed by atoms with Gasteiger partial charge >= 0.3 is 0 Å². The molecule has 2 aromatic carbocycles. The summed E-state index contributed by atoms with van der Waals surface area (Å²) in [4.78, 5) is 12.7. The summed E-state index contributed by atoms with van der Waals surface area (Å²) in [6.07, 6.45) is 1.01. The molecule has 0 saturated carbocycles. The van der Waals surface area contributed by atoms with E-state index in [2.05, 4.69) is 5.32 Å². The third kappa shape index (κ3) is 5.14. The van der Waals surface area contributed by atoms with Gasteiger partial charge in [-0.2, -0.15) is 0 Å². The van der Waals surface area contributed by atoms with Crippen molar-refractivity contribution in [1.29, 1.82) is 0 Å². The molecule has 2 rings (SSSR count). The molecule has 2 atom stereocenters. The van der Waals surface area contributed by atoms with Crippen LogP contribution in [0.25, 0.3) is 0 Å². The highest BCUT2D eigenvalue weighted by molar-refractivity contribution is 7.92. The highest BCUT2D eigenvalue weighted by Crippen LogP contribution is 2.31. The van der Waals surface area contributed by atoms with Gasteiger partial charge in [0.15, 0.2) is 0 Å². The number of benzene rings is 2. The lowest BCUT2D eigenvalue weighted by atomic mass is 10.1. The maximum atomic E-state index is 13.1. The van der Waals surface area contributed by atoms with Crippen LogP contribution in [0, 0.1) is 5.82 Å². The number of methoxy groups -OCH3 is 1. The van der Waals surface area contributed by atoms with E-state index < -0.39 is 28.0 Å². The summed E-state index contributed by atoms with van der Waals surface area (Å²) in [7, 11) is -2.33. The zero-order valence-corrected chi connectivity index (χ0v) is 17.5. The molecule has 1 N–H and O–H groups in total. The summed E-state index contributed by atoms with van der Waals surface area (Å²) in [5.74, 6) is -0.495. The number of amides is 1. The molecule has 28 heavy (non-hydrogen) atoms. The van der Waals surface area contributed by atoms with E-state index in [4.69, 9.17) is 16.3 Å². The van der Waals surface area contributed by atoms with Gasteiger partial charge < -0.3 is 10.1 Å². The molecule has 0 aromatic heterocycles. The van der Waals surface area contributed by atoms with Gasteiger partial charge in [0.1, 0.15) is 17.6 Å². The van der Waals surface area contributed by atoms with E-state index in [1.54, 1.807) is 19.1 Å². The third-order valence-electron chi connectivity index (χ3n) is 4.21. The lowest BCUT2D eigenvalue weighted by Crippen LogP contribution is -2.48. The number of sulfonamides is 1. The second kappa shape index (κ2) is 8.79. The second-order valence-corrected chi connectivity index (χ2v) is 8.60. The number of nitrogens with zero attached hydrogens (tertiary/aromatic N) is 1. The molecule has 0 aliphatic heterocycles. The summed E-state index contributed by atoms with van der Waals surface area (Å²) in [6, 6.07) is 8.70. The monoisotopic (exact) mass is 428 g/mol. The fraction of sp³-hybridized carbons (Fsp3) is 0.316. The van der Waals surface area contributed by atoms with Crippen LogP contribution < -0.4 is 14.4 Å². The first-order valence-electron chi connectivity index (χ1n) is 8.43. The molecule has 152 valence electrons. The van der Waals surface area contributed by atoms with E-state index in [1.807, 2.05) is 0 Å². The predicted molar refractivity (Wildman–Crippen MR) is 108 cm³/mol. The number of ether oxygens (including phenoxy) is 1. The number of hydrogen-bond acceptors (Lipinski definition) is 4. The van der Waals surface area contributed by atoms with Gasteiger partial charge in [0.25, 0.3) is 0 Å². The van der Waals surface area contributed by atoms with Crippen LogP contribution in [0.4, 0.5) is 10.1 Å². The Labute approximate surface area is 169 Å². The first kappa shape index (κ1) is 22.0. The number of rotatable bonds is 7. The Kier molecular flexibility index (Phi) is 6.90. The van der Waals surface area contributed by atoms with Crippen molar-refractivity contribution in [2.75, 3.05) is 17.7 Å². The van der Waals surface area contributed by atoms with E-state index in [-0.39, 0.29) is 16.5 Å². The number of carbonyl (C=O) groups is 1. The molecule has 0 saturated heterocycles. The highest BCUT2D eigenvalue weighted by atomic mass is 35.5. The van der Waals surface area contributed by atoms with E-state index in [1.165, 1.54) is 44.4 Å². The Bertz CT molecular complexity index is 951. The number of anilines is 1. The van der Waals surface area contributed by atoms with Crippen molar-refractivity contribution in [3.05, 3.63) is 58.9 Å². The van der Waals surface area contributed by atoms with E-state index in [0.717, 1.165) is 10.6 Å². The smallest absolute Gasteiger partial charge is 0.244 e. The zero-order valence-electron chi connectivity index (χ0n) is 15.9.